The van der Waals surface area contributed by atoms with Crippen molar-refractivity contribution in [3.63, 3.8) is 0 Å². The number of nitrogens with zero attached hydrogens (tertiary/aromatic N) is 1. The highest BCUT2D eigenvalue weighted by Gasteiger charge is 2.11. The first-order valence-corrected chi connectivity index (χ1v) is 3.88. The van der Waals surface area contributed by atoms with Crippen molar-refractivity contribution in [2.24, 2.45) is 0 Å². The molecule has 0 saturated carbocycles. The maximum absolute atomic E-state index is 3.99. The van der Waals surface area contributed by atoms with Gasteiger partial charge in [0.1, 0.15) is 0 Å². The van der Waals surface area contributed by atoms with Crippen LogP contribution >= 0.6 is 0 Å². The van der Waals surface area contributed by atoms with Crippen molar-refractivity contribution in [3.05, 3.63) is 6.92 Å². The minimum Gasteiger partial charge on any atom is -0.301 e. The van der Waals surface area contributed by atoms with E-state index in [1.54, 1.807) is 0 Å². The Bertz CT molecular complexity index is 72.6. The fourth-order valence-corrected chi connectivity index (χ4v) is 1.36. The second-order valence-electron chi connectivity index (χ2n) is 2.95. The molecule has 0 amide bonds. The molecule has 1 aliphatic heterocycles. The van der Waals surface area contributed by atoms with E-state index in [4.69, 9.17) is 0 Å². The third-order valence-electron chi connectivity index (χ3n) is 2.01. The quantitative estimate of drug-likeness (QED) is 0.517. The second kappa shape index (κ2) is 3.21. The Morgan fingerprint density at radius 2 is 1.78 bits per heavy atom. The summed E-state index contributed by atoms with van der Waals surface area (Å²) in [7, 11) is 0. The molecule has 1 nitrogen and oxygen atoms in total. The Morgan fingerprint density at radius 3 is 2.11 bits per heavy atom. The third kappa shape index (κ3) is 1.98. The third-order valence-corrected chi connectivity index (χ3v) is 2.01. The first-order valence-electron chi connectivity index (χ1n) is 3.88. The second-order valence-corrected chi connectivity index (χ2v) is 2.95. The van der Waals surface area contributed by atoms with E-state index >= 15 is 0 Å². The van der Waals surface area contributed by atoms with Crippen molar-refractivity contribution in [1.29, 1.82) is 0 Å². The molecule has 1 aliphatic rings. The highest BCUT2D eigenvalue weighted by molar-refractivity contribution is 4.71. The minimum atomic E-state index is 0.519. The van der Waals surface area contributed by atoms with Crippen LogP contribution in [0.3, 0.4) is 0 Å². The van der Waals surface area contributed by atoms with Crippen molar-refractivity contribution >= 4 is 0 Å². The topological polar surface area (TPSA) is 3.24 Å². The Labute approximate surface area is 58.0 Å². The summed E-state index contributed by atoms with van der Waals surface area (Å²) in [6.45, 7) is 8.70. The van der Waals surface area contributed by atoms with E-state index in [2.05, 4.69) is 18.7 Å². The van der Waals surface area contributed by atoms with Crippen LogP contribution in [-0.2, 0) is 0 Å². The molecule has 53 valence electrons. The van der Waals surface area contributed by atoms with Crippen molar-refractivity contribution in [2.45, 2.75) is 32.2 Å². The van der Waals surface area contributed by atoms with Crippen LogP contribution in [0.5, 0.6) is 0 Å². The number of piperidine rings is 1. The van der Waals surface area contributed by atoms with Crippen LogP contribution in [0.2, 0.25) is 0 Å². The number of hydrogen-bond donors (Lipinski definition) is 0. The smallest absolute Gasteiger partial charge is 0.00675 e. The maximum Gasteiger partial charge on any atom is 0.00675 e. The van der Waals surface area contributed by atoms with E-state index in [1.807, 2.05) is 0 Å². The summed E-state index contributed by atoms with van der Waals surface area (Å²) in [6.07, 6.45) is 4.17. The molecule has 1 heterocycles. The molecular formula is C8H16N. The molecule has 1 radical (unpaired) electrons. The van der Waals surface area contributed by atoms with Gasteiger partial charge in [0.25, 0.3) is 0 Å². The van der Waals surface area contributed by atoms with Crippen LogP contribution in [0, 0.1) is 6.92 Å². The molecule has 0 aromatic carbocycles. The Kier molecular flexibility index (Phi) is 2.52. The number of rotatable bonds is 1. The summed E-state index contributed by atoms with van der Waals surface area (Å²) in [6, 6.07) is 0.519. The van der Waals surface area contributed by atoms with Crippen molar-refractivity contribution in [2.75, 3.05) is 13.1 Å². The van der Waals surface area contributed by atoms with Gasteiger partial charge in [0, 0.05) is 6.04 Å². The van der Waals surface area contributed by atoms with Gasteiger partial charge in [0.05, 0.1) is 0 Å². The van der Waals surface area contributed by atoms with Gasteiger partial charge in [-0.3, -0.25) is 0 Å². The van der Waals surface area contributed by atoms with E-state index in [1.165, 1.54) is 32.4 Å². The largest absolute Gasteiger partial charge is 0.301 e. The van der Waals surface area contributed by atoms with Gasteiger partial charge in [-0.2, -0.15) is 0 Å². The van der Waals surface area contributed by atoms with Gasteiger partial charge < -0.3 is 4.90 Å². The number of likely N-dealkylation sites (tertiary alicyclic amines) is 1. The molecule has 1 unspecified atom stereocenters. The van der Waals surface area contributed by atoms with Gasteiger partial charge in [-0.15, -0.1) is 0 Å². The molecular weight excluding hydrogens is 110 g/mol. The minimum absolute atomic E-state index is 0.519. The van der Waals surface area contributed by atoms with Crippen LogP contribution in [-0.4, -0.2) is 24.0 Å². The van der Waals surface area contributed by atoms with E-state index in [0.29, 0.717) is 6.04 Å². The van der Waals surface area contributed by atoms with Gasteiger partial charge in [-0.1, -0.05) is 6.42 Å². The summed E-state index contributed by atoms with van der Waals surface area (Å²) in [4.78, 5) is 2.45. The van der Waals surface area contributed by atoms with Gasteiger partial charge in [0.2, 0.25) is 0 Å². The highest BCUT2D eigenvalue weighted by atomic mass is 15.1. The van der Waals surface area contributed by atoms with Gasteiger partial charge >= 0.3 is 0 Å². The van der Waals surface area contributed by atoms with E-state index < -0.39 is 0 Å². The van der Waals surface area contributed by atoms with E-state index in [-0.39, 0.29) is 0 Å². The lowest BCUT2D eigenvalue weighted by molar-refractivity contribution is 0.199. The van der Waals surface area contributed by atoms with Crippen molar-refractivity contribution in [3.8, 4) is 0 Å². The van der Waals surface area contributed by atoms with Crippen molar-refractivity contribution in [1.82, 2.24) is 4.90 Å². The predicted molar refractivity (Wildman–Crippen MR) is 40.2 cm³/mol. The molecule has 1 rings (SSSR count). The normalized spacial score (nSPS) is 23.0. The molecule has 0 aromatic rings. The highest BCUT2D eigenvalue weighted by Crippen LogP contribution is 2.10. The molecule has 1 heteroatoms. The molecule has 0 spiro atoms. The summed E-state index contributed by atoms with van der Waals surface area (Å²) in [5.41, 5.74) is 0. The first kappa shape index (κ1) is 7.07. The molecule has 1 atom stereocenters. The van der Waals surface area contributed by atoms with Crippen LogP contribution in [0.15, 0.2) is 0 Å². The molecule has 1 fully saturated rings. The zero-order valence-corrected chi connectivity index (χ0v) is 6.27. The average molecular weight is 126 g/mol. The zero-order chi connectivity index (χ0) is 6.69. The Morgan fingerprint density at radius 1 is 1.22 bits per heavy atom. The summed E-state index contributed by atoms with van der Waals surface area (Å²) in [5.74, 6) is 0. The lowest BCUT2D eigenvalue weighted by Gasteiger charge is -2.29. The Hall–Kier alpha value is -0.0400. The van der Waals surface area contributed by atoms with Crippen LogP contribution in [0.1, 0.15) is 26.2 Å². The standard InChI is InChI=1S/C8H16N/c1-8(2)9-6-4-3-5-7-9/h8H,1,3-7H2,2H3. The molecule has 0 aliphatic carbocycles. The first-order chi connectivity index (χ1) is 4.30. The van der Waals surface area contributed by atoms with Gasteiger partial charge in [-0.05, 0) is 39.8 Å². The van der Waals surface area contributed by atoms with Gasteiger partial charge in [0.15, 0.2) is 0 Å². The fraction of sp³-hybridized carbons (Fsp3) is 0.875. The molecule has 0 N–H and O–H groups in total. The molecule has 0 bridgehead atoms. The number of hydrogen-bond acceptors (Lipinski definition) is 1. The SMILES string of the molecule is [CH2]C(C)N1CCCCC1. The molecule has 1 saturated heterocycles. The summed E-state index contributed by atoms with van der Waals surface area (Å²) < 4.78 is 0. The zero-order valence-electron chi connectivity index (χ0n) is 6.27. The van der Waals surface area contributed by atoms with Crippen LogP contribution in [0.4, 0.5) is 0 Å². The fourth-order valence-electron chi connectivity index (χ4n) is 1.36. The summed E-state index contributed by atoms with van der Waals surface area (Å²) in [5, 5.41) is 0. The van der Waals surface area contributed by atoms with Crippen LogP contribution in [0.25, 0.3) is 0 Å². The lowest BCUT2D eigenvalue weighted by atomic mass is 10.1. The molecule has 9 heavy (non-hydrogen) atoms. The van der Waals surface area contributed by atoms with Crippen LogP contribution < -0.4 is 0 Å². The Balaban J connectivity index is 2.23. The monoisotopic (exact) mass is 126 g/mol. The summed E-state index contributed by atoms with van der Waals surface area (Å²) >= 11 is 0. The van der Waals surface area contributed by atoms with Gasteiger partial charge in [-0.25, -0.2) is 0 Å². The lowest BCUT2D eigenvalue weighted by Crippen LogP contribution is -2.35. The van der Waals surface area contributed by atoms with E-state index in [0.717, 1.165) is 0 Å². The average Bonchev–Trinajstić information content (AvgIpc) is 1.90. The predicted octanol–water partition coefficient (Wildman–Crippen LogP) is 1.69. The molecule has 0 aromatic heterocycles. The maximum atomic E-state index is 3.99. The van der Waals surface area contributed by atoms with E-state index in [9.17, 15) is 0 Å². The van der Waals surface area contributed by atoms with Crippen molar-refractivity contribution < 1.29 is 0 Å².